The van der Waals surface area contributed by atoms with Crippen LogP contribution in [0.2, 0.25) is 0 Å². The molecule has 0 bridgehead atoms. The second-order valence-electron chi connectivity index (χ2n) is 9.82. The Labute approximate surface area is 215 Å². The Balaban J connectivity index is 1.49. The topological polar surface area (TPSA) is 83.0 Å². The number of esters is 1. The first-order valence-corrected chi connectivity index (χ1v) is 12.5. The molecule has 6 rings (SSSR count). The van der Waals surface area contributed by atoms with Gasteiger partial charge in [0, 0.05) is 35.3 Å². The van der Waals surface area contributed by atoms with Gasteiger partial charge in [0.05, 0.1) is 41.0 Å². The van der Waals surface area contributed by atoms with Crippen LogP contribution in [-0.2, 0) is 14.9 Å². The van der Waals surface area contributed by atoms with E-state index in [1.54, 1.807) is 0 Å². The van der Waals surface area contributed by atoms with Crippen LogP contribution in [0.1, 0.15) is 48.5 Å². The molecule has 7 nitrogen and oxygen atoms in total. The molecule has 0 saturated heterocycles. The summed E-state index contributed by atoms with van der Waals surface area (Å²) in [4.78, 5) is 21.9. The van der Waals surface area contributed by atoms with Gasteiger partial charge in [0.1, 0.15) is 5.76 Å². The normalized spacial score (nSPS) is 15.0. The van der Waals surface area contributed by atoms with Gasteiger partial charge in [-0.05, 0) is 62.9 Å². The zero-order valence-corrected chi connectivity index (χ0v) is 21.4. The number of benzene rings is 1. The van der Waals surface area contributed by atoms with Crippen molar-refractivity contribution in [1.82, 2.24) is 19.7 Å². The first-order chi connectivity index (χ1) is 17.9. The summed E-state index contributed by atoms with van der Waals surface area (Å²) in [6, 6.07) is 16.4. The van der Waals surface area contributed by atoms with Crippen molar-refractivity contribution in [2.45, 2.75) is 45.1 Å². The maximum Gasteiger partial charge on any atom is 0.316 e. The first kappa shape index (κ1) is 23.2. The third-order valence-electron chi connectivity index (χ3n) is 7.60. The molecule has 0 unspecified atom stereocenters. The van der Waals surface area contributed by atoms with Crippen LogP contribution in [0, 0.1) is 13.8 Å². The summed E-state index contributed by atoms with van der Waals surface area (Å²) in [5, 5.41) is 4.13. The second-order valence-corrected chi connectivity index (χ2v) is 9.82. The number of aromatic nitrogens is 4. The van der Waals surface area contributed by atoms with E-state index in [0.29, 0.717) is 0 Å². The lowest BCUT2D eigenvalue weighted by Crippen LogP contribution is -2.21. The number of fused-ring (bicyclic) bond motifs is 1. The third kappa shape index (κ3) is 3.73. The van der Waals surface area contributed by atoms with Crippen molar-refractivity contribution in [3.05, 3.63) is 89.8 Å². The zero-order chi connectivity index (χ0) is 25.7. The predicted octanol–water partition coefficient (Wildman–Crippen LogP) is 6.18. The Morgan fingerprint density at radius 3 is 2.49 bits per heavy atom. The number of ether oxygens (including phenoxy) is 1. The van der Waals surface area contributed by atoms with Gasteiger partial charge in [0.15, 0.2) is 0 Å². The quantitative estimate of drug-likeness (QED) is 0.263. The van der Waals surface area contributed by atoms with Crippen LogP contribution in [0.5, 0.6) is 0 Å². The van der Waals surface area contributed by atoms with Gasteiger partial charge < -0.3 is 13.8 Å². The van der Waals surface area contributed by atoms with E-state index in [-0.39, 0.29) is 12.0 Å². The summed E-state index contributed by atoms with van der Waals surface area (Å²) in [6.07, 6.45) is 7.51. The third-order valence-corrected chi connectivity index (χ3v) is 7.60. The summed E-state index contributed by atoms with van der Waals surface area (Å²) in [5.41, 5.74) is 8.23. The summed E-state index contributed by atoms with van der Waals surface area (Å²) in [5.74, 6) is 0.611. The van der Waals surface area contributed by atoms with Crippen LogP contribution < -0.4 is 0 Å². The number of methoxy groups -OCH3 is 1. The van der Waals surface area contributed by atoms with Crippen LogP contribution in [0.3, 0.4) is 0 Å². The highest BCUT2D eigenvalue weighted by Gasteiger charge is 2.52. The second kappa shape index (κ2) is 8.69. The van der Waals surface area contributed by atoms with E-state index in [0.717, 1.165) is 68.8 Å². The van der Waals surface area contributed by atoms with E-state index in [1.165, 1.54) is 7.11 Å². The minimum absolute atomic E-state index is 0.00694. The highest BCUT2D eigenvalue weighted by atomic mass is 16.5. The van der Waals surface area contributed by atoms with Crippen LogP contribution in [0.15, 0.2) is 71.6 Å². The minimum atomic E-state index is -0.490. The van der Waals surface area contributed by atoms with Crippen molar-refractivity contribution in [2.75, 3.05) is 7.11 Å². The van der Waals surface area contributed by atoms with Gasteiger partial charge in [-0.15, -0.1) is 0 Å². The molecule has 186 valence electrons. The lowest BCUT2D eigenvalue weighted by molar-refractivity contribution is -0.143. The maximum absolute atomic E-state index is 12.4. The molecule has 0 spiro atoms. The molecule has 0 N–H and O–H groups in total. The van der Waals surface area contributed by atoms with Crippen molar-refractivity contribution >= 4 is 17.0 Å². The Morgan fingerprint density at radius 1 is 1.08 bits per heavy atom. The van der Waals surface area contributed by atoms with Gasteiger partial charge >= 0.3 is 5.97 Å². The van der Waals surface area contributed by atoms with Crippen LogP contribution in [0.25, 0.3) is 33.3 Å². The number of hydrogen-bond acceptors (Lipinski definition) is 6. The zero-order valence-electron chi connectivity index (χ0n) is 21.4. The summed E-state index contributed by atoms with van der Waals surface area (Å²) < 4.78 is 12.7. The average Bonchev–Trinajstić information content (AvgIpc) is 3.57. The highest BCUT2D eigenvalue weighted by molar-refractivity contribution is 5.95. The number of hydrogen-bond donors (Lipinski definition) is 0. The smallest absolute Gasteiger partial charge is 0.316 e. The number of carbonyl (C=O) groups excluding carboxylic acids is 1. The molecule has 1 aliphatic rings. The fourth-order valence-electron chi connectivity index (χ4n) is 5.36. The van der Waals surface area contributed by atoms with Crippen molar-refractivity contribution in [3.63, 3.8) is 0 Å². The van der Waals surface area contributed by atoms with E-state index in [9.17, 15) is 4.79 Å². The minimum Gasteiger partial charge on any atom is -0.468 e. The molecule has 37 heavy (non-hydrogen) atoms. The monoisotopic (exact) mass is 492 g/mol. The molecule has 5 aromatic rings. The van der Waals surface area contributed by atoms with Crippen molar-refractivity contribution in [3.8, 4) is 22.3 Å². The largest absolute Gasteiger partial charge is 0.468 e. The van der Waals surface area contributed by atoms with Crippen molar-refractivity contribution in [1.29, 1.82) is 0 Å². The van der Waals surface area contributed by atoms with Gasteiger partial charge in [0.25, 0.3) is 0 Å². The molecular formula is C30H28N4O3. The Kier molecular flexibility index (Phi) is 5.44. The number of pyridine rings is 2. The Bertz CT molecular complexity index is 1590. The standard InChI is InChI=1S/C30H28N4O3/c1-18-27(20(3)37-33-18)22-15-26-28(32-16-22)24(17-34(26)19(2)25-7-5-6-14-31-25)21-8-10-23(11-9-21)30(12-13-30)29(35)36-4/h5-11,14-17,19H,12-13H2,1-4H3/t19-/m0/s1. The van der Waals surface area contributed by atoms with Crippen LogP contribution in [0.4, 0.5) is 0 Å². The summed E-state index contributed by atoms with van der Waals surface area (Å²) >= 11 is 0. The maximum atomic E-state index is 12.4. The Morgan fingerprint density at radius 2 is 1.86 bits per heavy atom. The molecule has 0 radical (unpaired) electrons. The molecule has 4 heterocycles. The van der Waals surface area contributed by atoms with E-state index < -0.39 is 5.41 Å². The number of aryl methyl sites for hydroxylation is 2. The van der Waals surface area contributed by atoms with E-state index >= 15 is 0 Å². The molecular weight excluding hydrogens is 464 g/mol. The fourth-order valence-corrected chi connectivity index (χ4v) is 5.36. The lowest BCUT2D eigenvalue weighted by atomic mass is 9.94. The average molecular weight is 493 g/mol. The number of carbonyl (C=O) groups is 1. The van der Waals surface area contributed by atoms with Gasteiger partial charge in [0.2, 0.25) is 0 Å². The number of nitrogens with zero attached hydrogens (tertiary/aromatic N) is 4. The van der Waals surface area contributed by atoms with Gasteiger partial charge in [-0.1, -0.05) is 35.5 Å². The van der Waals surface area contributed by atoms with E-state index in [4.69, 9.17) is 14.2 Å². The van der Waals surface area contributed by atoms with Gasteiger partial charge in [-0.25, -0.2) is 0 Å². The molecule has 1 aromatic carbocycles. The fraction of sp³-hybridized carbons (Fsp3) is 0.267. The number of rotatable bonds is 6. The highest BCUT2D eigenvalue weighted by Crippen LogP contribution is 2.49. The SMILES string of the molecule is COC(=O)C1(c2ccc(-c3cn([C@@H](C)c4ccccn4)c4cc(-c5c(C)noc5C)cnc34)cc2)CC1. The summed E-state index contributed by atoms with van der Waals surface area (Å²) in [7, 11) is 1.46. The molecule has 4 aromatic heterocycles. The van der Waals surface area contributed by atoms with Gasteiger partial charge in [-0.2, -0.15) is 0 Å². The molecule has 7 heteroatoms. The molecule has 1 fully saturated rings. The van der Waals surface area contributed by atoms with E-state index in [2.05, 4.69) is 46.0 Å². The van der Waals surface area contributed by atoms with Crippen molar-refractivity contribution in [2.24, 2.45) is 0 Å². The Hall–Kier alpha value is -4.26. The molecule has 0 amide bonds. The predicted molar refractivity (Wildman–Crippen MR) is 141 cm³/mol. The van der Waals surface area contributed by atoms with Crippen LogP contribution in [-0.4, -0.2) is 32.8 Å². The molecule has 1 atom stereocenters. The molecule has 0 aliphatic heterocycles. The van der Waals surface area contributed by atoms with E-state index in [1.807, 2.05) is 56.6 Å². The molecule has 1 saturated carbocycles. The van der Waals surface area contributed by atoms with Gasteiger partial charge in [-0.3, -0.25) is 14.8 Å². The molecule has 1 aliphatic carbocycles. The first-order valence-electron chi connectivity index (χ1n) is 12.5. The van der Waals surface area contributed by atoms with Crippen LogP contribution >= 0.6 is 0 Å². The summed E-state index contributed by atoms with van der Waals surface area (Å²) in [6.45, 7) is 6.01. The lowest BCUT2D eigenvalue weighted by Gasteiger charge is -2.15. The van der Waals surface area contributed by atoms with Crippen molar-refractivity contribution < 1.29 is 14.1 Å².